The summed E-state index contributed by atoms with van der Waals surface area (Å²) in [6.07, 6.45) is 2.69. The summed E-state index contributed by atoms with van der Waals surface area (Å²) < 4.78 is 6.24. The molecule has 0 radical (unpaired) electrons. The number of thiophene rings is 1. The number of benzene rings is 1. The van der Waals surface area contributed by atoms with Gasteiger partial charge in [0.2, 0.25) is 0 Å². The molecule has 3 aromatic rings. The average molecular weight is 408 g/mol. The number of nitrogens with one attached hydrogen (secondary N) is 1. The summed E-state index contributed by atoms with van der Waals surface area (Å²) in [5, 5.41) is 26.8. The number of hydrogen-bond donors (Lipinski definition) is 2. The summed E-state index contributed by atoms with van der Waals surface area (Å²) in [4.78, 5) is 26.2. The van der Waals surface area contributed by atoms with Crippen LogP contribution in [0.4, 0.5) is 5.00 Å². The Morgan fingerprint density at radius 1 is 1.38 bits per heavy atom. The molecule has 4 rings (SSSR count). The number of carbonyl (C=O) groups is 1. The fraction of sp³-hybridized carbons (Fsp3) is 0.200. The van der Waals surface area contributed by atoms with Crippen molar-refractivity contribution in [2.45, 2.75) is 19.3 Å². The molecule has 0 fully saturated rings. The lowest BCUT2D eigenvalue weighted by molar-refractivity contribution is 0.101. The Hall–Kier alpha value is -3.64. The van der Waals surface area contributed by atoms with Crippen molar-refractivity contribution in [3.05, 3.63) is 62.4 Å². The van der Waals surface area contributed by atoms with E-state index in [1.165, 1.54) is 18.4 Å². The number of aryl methyl sites for hydroxylation is 1. The molecule has 0 saturated heterocycles. The van der Waals surface area contributed by atoms with Crippen molar-refractivity contribution < 1.29 is 14.6 Å². The van der Waals surface area contributed by atoms with Gasteiger partial charge in [-0.05, 0) is 37.0 Å². The minimum Gasteiger partial charge on any atom is -0.505 e. The van der Waals surface area contributed by atoms with Crippen molar-refractivity contribution in [2.24, 2.45) is 0 Å². The SMILES string of the molecule is COc1ccccc1-n1nc(C(=O)Nc2sc3c(c2C#N)CCC3)c(O)cc1=O. The summed E-state index contributed by atoms with van der Waals surface area (Å²) in [5.74, 6) is -0.857. The van der Waals surface area contributed by atoms with Gasteiger partial charge in [-0.3, -0.25) is 9.59 Å². The molecule has 0 unspecified atom stereocenters. The van der Waals surface area contributed by atoms with Crippen LogP contribution >= 0.6 is 11.3 Å². The number of aromatic hydroxyl groups is 1. The first kappa shape index (κ1) is 18.7. The molecule has 1 aliphatic carbocycles. The van der Waals surface area contributed by atoms with Gasteiger partial charge < -0.3 is 15.2 Å². The van der Waals surface area contributed by atoms with Gasteiger partial charge in [0.15, 0.2) is 11.4 Å². The van der Waals surface area contributed by atoms with E-state index >= 15 is 0 Å². The number of ether oxygens (including phenoxy) is 1. The van der Waals surface area contributed by atoms with Gasteiger partial charge in [0.1, 0.15) is 22.5 Å². The van der Waals surface area contributed by atoms with Crippen molar-refractivity contribution >= 4 is 22.2 Å². The number of para-hydroxylation sites is 2. The number of aromatic nitrogens is 2. The Morgan fingerprint density at radius 2 is 2.17 bits per heavy atom. The molecule has 2 N–H and O–H groups in total. The van der Waals surface area contributed by atoms with Gasteiger partial charge >= 0.3 is 0 Å². The summed E-state index contributed by atoms with van der Waals surface area (Å²) >= 11 is 1.36. The largest absolute Gasteiger partial charge is 0.505 e. The Balaban J connectivity index is 1.73. The van der Waals surface area contributed by atoms with Crippen molar-refractivity contribution in [3.63, 3.8) is 0 Å². The quantitative estimate of drug-likeness (QED) is 0.685. The predicted molar refractivity (Wildman–Crippen MR) is 107 cm³/mol. The molecular weight excluding hydrogens is 392 g/mol. The van der Waals surface area contributed by atoms with Crippen molar-refractivity contribution in [2.75, 3.05) is 12.4 Å². The Morgan fingerprint density at radius 3 is 2.93 bits per heavy atom. The highest BCUT2D eigenvalue weighted by atomic mass is 32.1. The number of anilines is 1. The van der Waals surface area contributed by atoms with E-state index in [9.17, 15) is 20.0 Å². The first-order valence-electron chi connectivity index (χ1n) is 8.86. The zero-order valence-electron chi connectivity index (χ0n) is 15.4. The second-order valence-corrected chi connectivity index (χ2v) is 7.53. The van der Waals surface area contributed by atoms with Gasteiger partial charge in [0, 0.05) is 10.9 Å². The lowest BCUT2D eigenvalue weighted by atomic mass is 10.1. The molecule has 2 heterocycles. The van der Waals surface area contributed by atoms with Crippen LogP contribution in [0.2, 0.25) is 0 Å². The van der Waals surface area contributed by atoms with Gasteiger partial charge in [-0.1, -0.05) is 12.1 Å². The molecule has 0 atom stereocenters. The Kier molecular flexibility index (Phi) is 4.78. The van der Waals surface area contributed by atoms with Crippen LogP contribution in [0.3, 0.4) is 0 Å². The topological polar surface area (TPSA) is 117 Å². The van der Waals surface area contributed by atoms with Gasteiger partial charge in [0.25, 0.3) is 11.5 Å². The molecule has 1 amide bonds. The molecule has 1 aliphatic rings. The van der Waals surface area contributed by atoms with E-state index in [1.807, 2.05) is 0 Å². The van der Waals surface area contributed by atoms with Crippen LogP contribution < -0.4 is 15.6 Å². The molecule has 29 heavy (non-hydrogen) atoms. The van der Waals surface area contributed by atoms with E-state index < -0.39 is 17.2 Å². The van der Waals surface area contributed by atoms with Crippen LogP contribution in [0, 0.1) is 11.3 Å². The number of nitrogens with zero attached hydrogens (tertiary/aromatic N) is 3. The van der Waals surface area contributed by atoms with E-state index in [2.05, 4.69) is 16.5 Å². The number of carbonyl (C=O) groups excluding carboxylic acids is 1. The van der Waals surface area contributed by atoms with Crippen LogP contribution in [0.5, 0.6) is 11.5 Å². The van der Waals surface area contributed by atoms with Gasteiger partial charge in [0.05, 0.1) is 12.7 Å². The third kappa shape index (κ3) is 3.23. The number of methoxy groups -OCH3 is 1. The highest BCUT2D eigenvalue weighted by molar-refractivity contribution is 7.16. The normalized spacial score (nSPS) is 12.3. The third-order valence-electron chi connectivity index (χ3n) is 4.70. The standard InChI is InChI=1S/C20H16N4O4S/c1-28-15-7-3-2-6-13(15)24-17(26)9-14(25)18(23-24)19(27)22-20-12(10-21)11-5-4-8-16(11)29-20/h2-3,6-7,9,25H,4-5,8H2,1H3,(H,22,27). The molecular formula is C20H16N4O4S. The van der Waals surface area contributed by atoms with E-state index in [-0.39, 0.29) is 5.69 Å². The van der Waals surface area contributed by atoms with Gasteiger partial charge in [-0.15, -0.1) is 11.3 Å². The maximum atomic E-state index is 12.8. The van der Waals surface area contributed by atoms with Crippen LogP contribution in [0.25, 0.3) is 5.69 Å². The average Bonchev–Trinajstić information content (AvgIpc) is 3.28. The van der Waals surface area contributed by atoms with Crippen LogP contribution in [0.1, 0.15) is 32.9 Å². The summed E-state index contributed by atoms with van der Waals surface area (Å²) in [6, 6.07) is 9.78. The second kappa shape index (κ2) is 7.41. The predicted octanol–water partition coefficient (Wildman–Crippen LogP) is 2.62. The van der Waals surface area contributed by atoms with Crippen LogP contribution in [-0.4, -0.2) is 27.9 Å². The highest BCUT2D eigenvalue weighted by Gasteiger charge is 2.25. The number of nitriles is 1. The minimum absolute atomic E-state index is 0.326. The molecule has 8 nitrogen and oxygen atoms in total. The van der Waals surface area contributed by atoms with Crippen LogP contribution in [0.15, 0.2) is 35.1 Å². The minimum atomic E-state index is -0.706. The first-order chi connectivity index (χ1) is 14.0. The molecule has 0 spiro atoms. The smallest absolute Gasteiger partial charge is 0.280 e. The van der Waals surface area contributed by atoms with E-state index in [1.54, 1.807) is 24.3 Å². The van der Waals surface area contributed by atoms with Gasteiger partial charge in [-0.2, -0.15) is 15.0 Å². The monoisotopic (exact) mass is 408 g/mol. The molecule has 2 aromatic heterocycles. The molecule has 1 aromatic carbocycles. The molecule has 0 saturated carbocycles. The van der Waals surface area contributed by atoms with Crippen molar-refractivity contribution in [1.29, 1.82) is 5.26 Å². The lowest BCUT2D eigenvalue weighted by Crippen LogP contribution is -2.25. The number of rotatable bonds is 4. The van der Waals surface area contributed by atoms with Crippen molar-refractivity contribution in [3.8, 4) is 23.3 Å². The number of fused-ring (bicyclic) bond motifs is 1. The maximum Gasteiger partial charge on any atom is 0.280 e. The summed E-state index contributed by atoms with van der Waals surface area (Å²) in [6.45, 7) is 0. The molecule has 0 bridgehead atoms. The highest BCUT2D eigenvalue weighted by Crippen LogP contribution is 2.38. The summed E-state index contributed by atoms with van der Waals surface area (Å²) in [7, 11) is 1.46. The fourth-order valence-corrected chi connectivity index (χ4v) is 4.59. The fourth-order valence-electron chi connectivity index (χ4n) is 3.36. The zero-order valence-corrected chi connectivity index (χ0v) is 16.2. The zero-order chi connectivity index (χ0) is 20.5. The number of hydrogen-bond acceptors (Lipinski definition) is 7. The lowest BCUT2D eigenvalue weighted by Gasteiger charge is -2.11. The van der Waals surface area contributed by atoms with Crippen molar-refractivity contribution in [1.82, 2.24) is 9.78 Å². The van der Waals surface area contributed by atoms with Gasteiger partial charge in [-0.25, -0.2) is 0 Å². The summed E-state index contributed by atoms with van der Waals surface area (Å²) in [5.41, 5.74) is 0.823. The number of amides is 1. The Bertz CT molecular complexity index is 1220. The Labute approximate surface area is 169 Å². The molecule has 9 heteroatoms. The van der Waals surface area contributed by atoms with E-state index in [0.29, 0.717) is 22.0 Å². The van der Waals surface area contributed by atoms with E-state index in [0.717, 1.165) is 40.5 Å². The molecule has 0 aliphatic heterocycles. The van der Waals surface area contributed by atoms with Crippen LogP contribution in [-0.2, 0) is 12.8 Å². The first-order valence-corrected chi connectivity index (χ1v) is 9.68. The molecule has 146 valence electrons. The van der Waals surface area contributed by atoms with E-state index in [4.69, 9.17) is 4.74 Å². The maximum absolute atomic E-state index is 12.8. The third-order valence-corrected chi connectivity index (χ3v) is 5.91. The second-order valence-electron chi connectivity index (χ2n) is 6.43.